The third-order valence-electron chi connectivity index (χ3n) is 3.34. The van der Waals surface area contributed by atoms with Crippen LogP contribution in [-0.4, -0.2) is 32.6 Å². The van der Waals surface area contributed by atoms with Crippen LogP contribution in [0.3, 0.4) is 0 Å². The topological polar surface area (TPSA) is 104 Å². The summed E-state index contributed by atoms with van der Waals surface area (Å²) in [6, 6.07) is -0.505. The van der Waals surface area contributed by atoms with Gasteiger partial charge in [0.15, 0.2) is 0 Å². The van der Waals surface area contributed by atoms with Gasteiger partial charge in [-0.15, -0.1) is 0 Å². The van der Waals surface area contributed by atoms with Crippen LogP contribution in [0.1, 0.15) is 27.7 Å². The molecule has 3 N–H and O–H groups in total. The molecule has 0 saturated carbocycles. The van der Waals surface area contributed by atoms with E-state index >= 15 is 0 Å². The summed E-state index contributed by atoms with van der Waals surface area (Å²) in [7, 11) is 0. The quantitative estimate of drug-likeness (QED) is 0.765. The summed E-state index contributed by atoms with van der Waals surface area (Å²) >= 11 is 0. The minimum atomic E-state index is -1.11. The van der Waals surface area contributed by atoms with Crippen molar-refractivity contribution in [2.24, 2.45) is 5.41 Å². The lowest BCUT2D eigenvalue weighted by molar-refractivity contribution is -0.150. The van der Waals surface area contributed by atoms with Crippen molar-refractivity contribution in [1.82, 2.24) is 15.3 Å². The first kappa shape index (κ1) is 14.9. The summed E-state index contributed by atoms with van der Waals surface area (Å²) in [4.78, 5) is 30.6. The van der Waals surface area contributed by atoms with Gasteiger partial charge in [0.25, 0.3) is 0 Å². The first-order chi connectivity index (χ1) is 8.67. The molecule has 0 bridgehead atoms. The zero-order chi connectivity index (χ0) is 14.7. The molecule has 0 radical (unpaired) electrons. The van der Waals surface area contributed by atoms with Crippen molar-refractivity contribution in [2.75, 3.05) is 5.32 Å². The third kappa shape index (κ3) is 3.40. The van der Waals surface area contributed by atoms with E-state index in [1.54, 1.807) is 27.7 Å². The van der Waals surface area contributed by atoms with Crippen molar-refractivity contribution in [1.29, 1.82) is 0 Å². The number of aliphatic carboxylic acids is 1. The normalized spacial score (nSPS) is 11.8. The standard InChI is InChI=1S/C12H18N4O3/c1-11(2,9(17)18)12(3,4)16-10(19)15-8-5-13-7-14-6-8/h5-7H,1-4H3,(H,17,18)(H2,15,16,19). The highest BCUT2D eigenvalue weighted by atomic mass is 16.4. The molecular formula is C12H18N4O3. The van der Waals surface area contributed by atoms with Gasteiger partial charge in [0, 0.05) is 0 Å². The molecule has 0 fully saturated rings. The Kier molecular flexibility index (Phi) is 4.08. The number of hydrogen-bond acceptors (Lipinski definition) is 4. The lowest BCUT2D eigenvalue weighted by atomic mass is 9.74. The molecular weight excluding hydrogens is 248 g/mol. The Labute approximate surface area is 111 Å². The fraction of sp³-hybridized carbons (Fsp3) is 0.500. The van der Waals surface area contributed by atoms with Crippen LogP contribution in [0, 0.1) is 5.41 Å². The second kappa shape index (κ2) is 5.21. The van der Waals surface area contributed by atoms with E-state index in [-0.39, 0.29) is 0 Å². The first-order valence-electron chi connectivity index (χ1n) is 5.74. The summed E-state index contributed by atoms with van der Waals surface area (Å²) in [6.07, 6.45) is 4.24. The van der Waals surface area contributed by atoms with E-state index in [0.29, 0.717) is 5.69 Å². The summed E-state index contributed by atoms with van der Waals surface area (Å²) in [5.41, 5.74) is -1.61. The van der Waals surface area contributed by atoms with Crippen LogP contribution < -0.4 is 10.6 Å². The molecule has 0 saturated heterocycles. The Morgan fingerprint density at radius 3 is 2.16 bits per heavy atom. The number of nitrogens with zero attached hydrogens (tertiary/aromatic N) is 2. The van der Waals surface area contributed by atoms with Gasteiger partial charge in [-0.25, -0.2) is 14.8 Å². The molecule has 0 unspecified atom stereocenters. The third-order valence-corrected chi connectivity index (χ3v) is 3.34. The zero-order valence-corrected chi connectivity index (χ0v) is 11.4. The van der Waals surface area contributed by atoms with Gasteiger partial charge < -0.3 is 15.7 Å². The number of carboxylic acid groups (broad SMARTS) is 1. The lowest BCUT2D eigenvalue weighted by Gasteiger charge is -2.38. The predicted octanol–water partition coefficient (Wildman–Crippen LogP) is 1.49. The van der Waals surface area contributed by atoms with Gasteiger partial charge in [0.05, 0.1) is 29.0 Å². The van der Waals surface area contributed by atoms with E-state index in [2.05, 4.69) is 20.6 Å². The molecule has 7 heteroatoms. The SMILES string of the molecule is CC(C)(NC(=O)Nc1cncnc1)C(C)(C)C(=O)O. The molecule has 2 amide bonds. The molecule has 0 atom stereocenters. The number of aromatic nitrogens is 2. The monoisotopic (exact) mass is 266 g/mol. The van der Waals surface area contributed by atoms with Crippen LogP contribution >= 0.6 is 0 Å². The van der Waals surface area contributed by atoms with Gasteiger partial charge in [0.2, 0.25) is 0 Å². The van der Waals surface area contributed by atoms with Gasteiger partial charge >= 0.3 is 12.0 Å². The van der Waals surface area contributed by atoms with Crippen molar-refractivity contribution in [3.8, 4) is 0 Å². The minimum Gasteiger partial charge on any atom is -0.481 e. The molecule has 1 aromatic heterocycles. The fourth-order valence-corrected chi connectivity index (χ4v) is 1.23. The molecule has 104 valence electrons. The lowest BCUT2D eigenvalue weighted by Crippen LogP contribution is -2.57. The highest BCUT2D eigenvalue weighted by Gasteiger charge is 2.44. The Morgan fingerprint density at radius 2 is 1.68 bits per heavy atom. The number of nitrogens with one attached hydrogen (secondary N) is 2. The Hall–Kier alpha value is -2.18. The molecule has 1 aromatic rings. The molecule has 1 heterocycles. The number of carboxylic acids is 1. The summed E-state index contributed by atoms with van der Waals surface area (Å²) < 4.78 is 0. The Morgan fingerprint density at radius 1 is 1.16 bits per heavy atom. The number of carbonyl (C=O) groups is 2. The second-order valence-electron chi connectivity index (χ2n) is 5.26. The highest BCUT2D eigenvalue weighted by Crippen LogP contribution is 2.30. The summed E-state index contributed by atoms with van der Waals surface area (Å²) in [5.74, 6) is -0.985. The summed E-state index contributed by atoms with van der Waals surface area (Å²) in [6.45, 7) is 6.42. The zero-order valence-electron chi connectivity index (χ0n) is 11.4. The average Bonchev–Trinajstić information content (AvgIpc) is 2.28. The number of amides is 2. The van der Waals surface area contributed by atoms with Crippen LogP contribution in [0.15, 0.2) is 18.7 Å². The van der Waals surface area contributed by atoms with Gasteiger partial charge in [-0.05, 0) is 27.7 Å². The Balaban J connectivity index is 2.74. The van der Waals surface area contributed by atoms with Crippen molar-refractivity contribution in [3.05, 3.63) is 18.7 Å². The first-order valence-corrected chi connectivity index (χ1v) is 5.74. The fourth-order valence-electron chi connectivity index (χ4n) is 1.23. The molecule has 0 aromatic carbocycles. The minimum absolute atomic E-state index is 0.434. The second-order valence-corrected chi connectivity index (χ2v) is 5.26. The number of urea groups is 1. The van der Waals surface area contributed by atoms with E-state index in [9.17, 15) is 14.7 Å². The molecule has 0 aliphatic carbocycles. The number of hydrogen-bond donors (Lipinski definition) is 3. The van der Waals surface area contributed by atoms with Crippen molar-refractivity contribution >= 4 is 17.7 Å². The average molecular weight is 266 g/mol. The predicted molar refractivity (Wildman–Crippen MR) is 69.7 cm³/mol. The van der Waals surface area contributed by atoms with E-state index < -0.39 is 23.0 Å². The highest BCUT2D eigenvalue weighted by molar-refractivity contribution is 5.90. The Bertz CT molecular complexity index is 471. The largest absolute Gasteiger partial charge is 0.481 e. The van der Waals surface area contributed by atoms with Crippen molar-refractivity contribution in [2.45, 2.75) is 33.2 Å². The maximum atomic E-state index is 11.8. The van der Waals surface area contributed by atoms with E-state index in [4.69, 9.17) is 0 Å². The number of carbonyl (C=O) groups excluding carboxylic acids is 1. The smallest absolute Gasteiger partial charge is 0.319 e. The molecule has 1 rings (SSSR count). The maximum Gasteiger partial charge on any atom is 0.319 e. The number of anilines is 1. The molecule has 0 aliphatic heterocycles. The van der Waals surface area contributed by atoms with E-state index in [1.165, 1.54) is 18.7 Å². The van der Waals surface area contributed by atoms with E-state index in [1.807, 2.05) is 0 Å². The van der Waals surface area contributed by atoms with Crippen LogP contribution in [0.4, 0.5) is 10.5 Å². The summed E-state index contributed by atoms with van der Waals surface area (Å²) in [5, 5.41) is 14.4. The van der Waals surface area contributed by atoms with Gasteiger partial charge in [-0.2, -0.15) is 0 Å². The molecule has 19 heavy (non-hydrogen) atoms. The van der Waals surface area contributed by atoms with Gasteiger partial charge in [0.1, 0.15) is 6.33 Å². The van der Waals surface area contributed by atoms with Crippen molar-refractivity contribution in [3.63, 3.8) is 0 Å². The molecule has 0 aliphatic rings. The van der Waals surface area contributed by atoms with Gasteiger partial charge in [-0.3, -0.25) is 4.79 Å². The van der Waals surface area contributed by atoms with Crippen LogP contribution in [0.5, 0.6) is 0 Å². The van der Waals surface area contributed by atoms with Gasteiger partial charge in [-0.1, -0.05) is 0 Å². The maximum absolute atomic E-state index is 11.8. The van der Waals surface area contributed by atoms with Crippen molar-refractivity contribution < 1.29 is 14.7 Å². The van der Waals surface area contributed by atoms with Crippen LogP contribution in [0.25, 0.3) is 0 Å². The molecule has 7 nitrogen and oxygen atoms in total. The van der Waals surface area contributed by atoms with Crippen LogP contribution in [-0.2, 0) is 4.79 Å². The number of rotatable bonds is 4. The van der Waals surface area contributed by atoms with Crippen LogP contribution in [0.2, 0.25) is 0 Å². The van der Waals surface area contributed by atoms with E-state index in [0.717, 1.165) is 0 Å². The molecule has 0 spiro atoms.